The summed E-state index contributed by atoms with van der Waals surface area (Å²) < 4.78 is 12.0. The summed E-state index contributed by atoms with van der Waals surface area (Å²) in [6.45, 7) is 6.83. The molecule has 414 valence electrons. The van der Waals surface area contributed by atoms with Gasteiger partial charge in [0.1, 0.15) is 32.3 Å². The van der Waals surface area contributed by atoms with Crippen LogP contribution in [0.25, 0.3) is 33.1 Å². The maximum Gasteiger partial charge on any atom is 0.340 e. The number of aromatic nitrogens is 2. The van der Waals surface area contributed by atoms with E-state index in [-0.39, 0.29) is 68.9 Å². The van der Waals surface area contributed by atoms with E-state index in [2.05, 4.69) is 31.9 Å². The molecule has 0 radical (unpaired) electrons. The number of ether oxygens (including phenoxy) is 2. The number of carbonyl (C=O) groups is 9. The number of hydrogen-bond acceptors (Lipinski definition) is 15. The first-order valence-electron chi connectivity index (χ1n) is 25.8. The number of likely N-dealkylation sites (N-methyl/N-ethyl adjacent to an activating group) is 1. The lowest BCUT2D eigenvalue weighted by atomic mass is 9.95. The van der Waals surface area contributed by atoms with Crippen LogP contribution in [-0.4, -0.2) is 126 Å². The Bertz CT molecular complexity index is 3070. The number of nitrogens with one attached hydrogen (secondary N) is 6. The van der Waals surface area contributed by atoms with Crippen LogP contribution in [-0.2, 0) is 78.7 Å². The molecule has 22 heteroatoms. The number of carbonyl (C=O) groups excluding carboxylic acids is 9. The van der Waals surface area contributed by atoms with Crippen LogP contribution in [0.1, 0.15) is 87.3 Å². The number of amides is 7. The summed E-state index contributed by atoms with van der Waals surface area (Å²) in [6, 6.07) is 21.0. The molecule has 2 aromatic heterocycles. The molecule has 0 aliphatic carbocycles. The highest BCUT2D eigenvalue weighted by Gasteiger charge is 2.35. The minimum Gasteiger partial charge on any atom is -0.458 e. The molecular weight excluding hydrogens is 1010 g/mol. The van der Waals surface area contributed by atoms with E-state index in [4.69, 9.17) is 14.5 Å². The Kier molecular flexibility index (Phi) is 23.5. The molecule has 3 aliphatic heterocycles. The van der Waals surface area contributed by atoms with Gasteiger partial charge in [-0.05, 0) is 53.9 Å². The van der Waals surface area contributed by atoms with E-state index in [1.165, 1.54) is 21.6 Å². The number of hydrogen-bond donors (Lipinski definition) is 7. The maximum atomic E-state index is 13.6. The predicted molar refractivity (Wildman–Crippen MR) is 289 cm³/mol. The fourth-order valence-corrected chi connectivity index (χ4v) is 8.59. The Balaban J connectivity index is 0.000000535. The van der Waals surface area contributed by atoms with Crippen molar-refractivity contribution < 1.29 is 57.7 Å². The van der Waals surface area contributed by atoms with E-state index in [1.807, 2.05) is 70.2 Å². The van der Waals surface area contributed by atoms with E-state index in [1.54, 1.807) is 37.4 Å². The van der Waals surface area contributed by atoms with Crippen LogP contribution in [0.4, 0.5) is 0 Å². The number of nitrogens with zero attached hydrogens (tertiary/aromatic N) is 3. The standard InChI is InChI=1S/C42H42N8O10.C10H13NO3.2C2H6/c1-43-16-33(51)45-18-35(53)48-31(13-23-7-3-2-4-8-23)40(56)46-17-34(52)47-22-59-21-36(54)44-15-27-28-19-50-32(14-26-29(41(50)57)20-60-42(58)39(26)55)38(28)49-30-12-11-24-9-5-6-10-25(24)37(27)30;12-8-4-2-1-3-7-11-9(13)5-6-10(11)14;2*1-2/h2-12,14,31,39,43,55H,13,15-22H2,1H3,(H,44,54)(H,45,51)(H,46,56)(H,47,52)(H,48,53);5-6,8H,1-4,7H2;2*1-2H3. The van der Waals surface area contributed by atoms with Crippen molar-refractivity contribution in [3.63, 3.8) is 0 Å². The number of unbranched alkanes of at least 4 members (excludes halogenated alkanes) is 3. The largest absolute Gasteiger partial charge is 0.458 e. The zero-order valence-corrected chi connectivity index (χ0v) is 44.4. The van der Waals surface area contributed by atoms with Crippen molar-refractivity contribution in [3.05, 3.63) is 123 Å². The smallest absolute Gasteiger partial charge is 0.340 e. The Morgan fingerprint density at radius 1 is 0.795 bits per heavy atom. The van der Waals surface area contributed by atoms with E-state index in [0.717, 1.165) is 52.8 Å². The lowest BCUT2D eigenvalue weighted by Crippen LogP contribution is -2.52. The van der Waals surface area contributed by atoms with Crippen molar-refractivity contribution in [2.75, 3.05) is 46.6 Å². The third-order valence-corrected chi connectivity index (χ3v) is 12.3. The molecule has 7 N–H and O–H groups in total. The molecule has 0 saturated heterocycles. The number of aliphatic hydroxyl groups excluding tert-OH is 1. The Morgan fingerprint density at radius 3 is 2.21 bits per heavy atom. The van der Waals surface area contributed by atoms with Crippen LogP contribution in [0, 0.1) is 0 Å². The van der Waals surface area contributed by atoms with Gasteiger partial charge in [0, 0.05) is 54.6 Å². The van der Waals surface area contributed by atoms with Gasteiger partial charge in [-0.2, -0.15) is 0 Å². The van der Waals surface area contributed by atoms with Gasteiger partial charge in [-0.25, -0.2) is 9.78 Å². The lowest BCUT2D eigenvalue weighted by molar-refractivity contribution is -0.157. The predicted octanol–water partition coefficient (Wildman–Crippen LogP) is 2.28. The highest BCUT2D eigenvalue weighted by molar-refractivity contribution is 6.13. The monoisotopic (exact) mass is 1070 g/mol. The molecule has 5 aromatic rings. The normalized spacial score (nSPS) is 13.9. The molecule has 0 spiro atoms. The van der Waals surface area contributed by atoms with Gasteiger partial charge in [0.2, 0.25) is 29.5 Å². The summed E-state index contributed by atoms with van der Waals surface area (Å²) in [7, 11) is 1.59. The molecule has 3 aromatic carbocycles. The third-order valence-electron chi connectivity index (χ3n) is 12.3. The quantitative estimate of drug-likeness (QED) is 0.0128. The number of imide groups is 1. The summed E-state index contributed by atoms with van der Waals surface area (Å²) >= 11 is 0. The van der Waals surface area contributed by atoms with Crippen LogP contribution < -0.4 is 37.5 Å². The zero-order chi connectivity index (χ0) is 56.7. The van der Waals surface area contributed by atoms with E-state index >= 15 is 0 Å². The molecule has 2 unspecified atom stereocenters. The van der Waals surface area contributed by atoms with Crippen molar-refractivity contribution >= 4 is 75.3 Å². The van der Waals surface area contributed by atoms with Crippen LogP contribution >= 0.6 is 0 Å². The number of pyridine rings is 2. The summed E-state index contributed by atoms with van der Waals surface area (Å²) in [6.07, 6.45) is 5.01. The zero-order valence-electron chi connectivity index (χ0n) is 44.4. The van der Waals surface area contributed by atoms with Crippen molar-refractivity contribution in [1.82, 2.24) is 46.4 Å². The summed E-state index contributed by atoms with van der Waals surface area (Å²) in [5.41, 5.74) is 3.67. The van der Waals surface area contributed by atoms with Crippen LogP contribution in [0.5, 0.6) is 0 Å². The van der Waals surface area contributed by atoms with Crippen molar-refractivity contribution in [2.45, 2.75) is 91.6 Å². The molecule has 3 aliphatic rings. The molecule has 7 amide bonds. The van der Waals surface area contributed by atoms with Gasteiger partial charge in [0.05, 0.1) is 48.6 Å². The molecule has 5 heterocycles. The second-order valence-electron chi connectivity index (χ2n) is 17.3. The topological polar surface area (TPSA) is 303 Å². The van der Waals surface area contributed by atoms with Gasteiger partial charge < -0.3 is 55.8 Å². The molecule has 8 rings (SSSR count). The molecule has 2 atom stereocenters. The van der Waals surface area contributed by atoms with Crippen molar-refractivity contribution in [1.29, 1.82) is 0 Å². The molecule has 0 fully saturated rings. The van der Waals surface area contributed by atoms with Crippen LogP contribution in [0.3, 0.4) is 0 Å². The number of aliphatic hydroxyl groups is 1. The van der Waals surface area contributed by atoms with E-state index in [0.29, 0.717) is 35.4 Å². The number of esters is 1. The van der Waals surface area contributed by atoms with E-state index in [9.17, 15) is 53.1 Å². The summed E-state index contributed by atoms with van der Waals surface area (Å²) in [5, 5.41) is 28.8. The average Bonchev–Trinajstić information content (AvgIpc) is 4.12. The Labute approximate surface area is 450 Å². The van der Waals surface area contributed by atoms with Gasteiger partial charge >= 0.3 is 5.97 Å². The second kappa shape index (κ2) is 30.3. The fourth-order valence-electron chi connectivity index (χ4n) is 8.59. The molecule has 0 saturated carbocycles. The first-order chi connectivity index (χ1) is 37.8. The SMILES string of the molecule is CC.CC.CNCC(=O)NCC(=O)NC(Cc1ccccc1)C(=O)NCC(=O)NCOCC(=O)NCc1c2c(nc3ccc4ccccc4c13)-c1cc3c(c(=O)n1C2)COC(=O)C3O.O=CCCCCCN1C(=O)C=CC1=O. The molecule has 78 heavy (non-hydrogen) atoms. The first kappa shape index (κ1) is 60.4. The minimum atomic E-state index is -1.60. The highest BCUT2D eigenvalue weighted by Crippen LogP contribution is 2.39. The lowest BCUT2D eigenvalue weighted by Gasteiger charge is -2.21. The number of fused-ring (bicyclic) bond motifs is 7. The van der Waals surface area contributed by atoms with Crippen molar-refractivity contribution in [2.24, 2.45) is 0 Å². The Morgan fingerprint density at radius 2 is 1.49 bits per heavy atom. The fraction of sp³-hybridized carbons (Fsp3) is 0.375. The van der Waals surface area contributed by atoms with Gasteiger partial charge in [0.25, 0.3) is 17.4 Å². The Hall–Kier alpha value is -8.47. The van der Waals surface area contributed by atoms with Crippen LogP contribution in [0.2, 0.25) is 0 Å². The molecule has 0 bridgehead atoms. The second-order valence-corrected chi connectivity index (χ2v) is 17.3. The van der Waals surface area contributed by atoms with E-state index < -0.39 is 66.4 Å². The van der Waals surface area contributed by atoms with Gasteiger partial charge in [-0.1, -0.05) is 94.8 Å². The summed E-state index contributed by atoms with van der Waals surface area (Å²) in [4.78, 5) is 127. The highest BCUT2D eigenvalue weighted by atomic mass is 16.5. The maximum absolute atomic E-state index is 13.6. The van der Waals surface area contributed by atoms with Gasteiger partial charge in [-0.3, -0.25) is 43.3 Å². The number of aldehydes is 1. The minimum absolute atomic E-state index is 0.0187. The van der Waals surface area contributed by atoms with Crippen LogP contribution in [0.15, 0.2) is 89.7 Å². The van der Waals surface area contributed by atoms with Gasteiger partial charge in [-0.15, -0.1) is 0 Å². The van der Waals surface area contributed by atoms with Crippen molar-refractivity contribution in [3.8, 4) is 11.4 Å². The number of cyclic esters (lactones) is 1. The number of rotatable bonds is 22. The third kappa shape index (κ3) is 15.8. The van der Waals surface area contributed by atoms with Gasteiger partial charge in [0.15, 0.2) is 6.10 Å². The molecule has 22 nitrogen and oxygen atoms in total. The molecular formula is C56H67N9O13. The average molecular weight is 1070 g/mol. The summed E-state index contributed by atoms with van der Waals surface area (Å²) in [5.74, 6) is -4.02. The number of benzene rings is 3. The first-order valence-corrected chi connectivity index (χ1v) is 25.8.